The van der Waals surface area contributed by atoms with Crippen LogP contribution in [0.15, 0.2) is 24.3 Å². The number of hydrogen-bond donors (Lipinski definition) is 0. The van der Waals surface area contributed by atoms with E-state index in [1.807, 2.05) is 100 Å². The second-order valence-electron chi connectivity index (χ2n) is 7.94. The van der Waals surface area contributed by atoms with Crippen molar-refractivity contribution in [2.24, 2.45) is 0 Å². The SMILES string of the molecule is CN(C)c1ccc(N(C)C)c2c1C(=O)c1c(N(C)C)ccc(N(C)C)c1C2=O. The molecule has 0 saturated carbocycles. The van der Waals surface area contributed by atoms with Crippen molar-refractivity contribution in [3.63, 3.8) is 0 Å². The summed E-state index contributed by atoms with van der Waals surface area (Å²) in [6.07, 6.45) is 0. The van der Waals surface area contributed by atoms with Gasteiger partial charge in [0.05, 0.1) is 22.3 Å². The molecule has 0 saturated heterocycles. The molecule has 0 amide bonds. The molecule has 0 aromatic heterocycles. The minimum absolute atomic E-state index is 0.107. The molecule has 0 spiro atoms. The molecule has 0 fully saturated rings. The van der Waals surface area contributed by atoms with Gasteiger partial charge in [0.2, 0.25) is 0 Å². The Hall–Kier alpha value is -3.02. The number of carbonyl (C=O) groups is 2. The summed E-state index contributed by atoms with van der Waals surface area (Å²) in [5.41, 5.74) is 4.93. The molecule has 3 rings (SSSR count). The molecule has 0 N–H and O–H groups in total. The zero-order chi connectivity index (χ0) is 20.9. The molecule has 2 aromatic carbocycles. The molecule has 1 aliphatic carbocycles. The van der Waals surface area contributed by atoms with Crippen LogP contribution in [0.2, 0.25) is 0 Å². The van der Waals surface area contributed by atoms with Crippen LogP contribution in [0.5, 0.6) is 0 Å². The molecular weight excluding hydrogens is 352 g/mol. The molecule has 2 aromatic rings. The Bertz CT molecular complexity index is 821. The second-order valence-corrected chi connectivity index (χ2v) is 7.94. The summed E-state index contributed by atoms with van der Waals surface area (Å²) in [6, 6.07) is 7.65. The largest absolute Gasteiger partial charge is 0.377 e. The summed E-state index contributed by atoms with van der Waals surface area (Å²) in [6.45, 7) is 0. The van der Waals surface area contributed by atoms with E-state index < -0.39 is 0 Å². The summed E-state index contributed by atoms with van der Waals surface area (Å²) in [5.74, 6) is -0.214. The van der Waals surface area contributed by atoms with E-state index >= 15 is 0 Å². The van der Waals surface area contributed by atoms with Crippen molar-refractivity contribution in [3.8, 4) is 0 Å². The molecule has 0 bridgehead atoms. The van der Waals surface area contributed by atoms with E-state index in [0.717, 1.165) is 22.7 Å². The fourth-order valence-corrected chi connectivity index (χ4v) is 3.82. The number of hydrogen-bond acceptors (Lipinski definition) is 6. The van der Waals surface area contributed by atoms with E-state index in [2.05, 4.69) is 0 Å². The highest BCUT2D eigenvalue weighted by Gasteiger charge is 2.38. The lowest BCUT2D eigenvalue weighted by Gasteiger charge is -2.32. The summed E-state index contributed by atoms with van der Waals surface area (Å²) >= 11 is 0. The van der Waals surface area contributed by atoms with E-state index in [0.29, 0.717) is 22.3 Å². The predicted molar refractivity (Wildman–Crippen MR) is 117 cm³/mol. The molecule has 0 unspecified atom stereocenters. The van der Waals surface area contributed by atoms with E-state index in [-0.39, 0.29) is 11.6 Å². The van der Waals surface area contributed by atoms with Crippen LogP contribution in [0.25, 0.3) is 0 Å². The Labute approximate surface area is 166 Å². The Morgan fingerprint density at radius 1 is 0.429 bits per heavy atom. The summed E-state index contributed by atoms with van der Waals surface area (Å²) in [4.78, 5) is 35.2. The molecule has 0 aliphatic heterocycles. The number of fused-ring (bicyclic) bond motifs is 2. The van der Waals surface area contributed by atoms with Crippen molar-refractivity contribution in [2.75, 3.05) is 76.0 Å². The number of nitrogens with zero attached hydrogens (tertiary/aromatic N) is 4. The smallest absolute Gasteiger partial charge is 0.198 e. The van der Waals surface area contributed by atoms with Crippen LogP contribution in [0.4, 0.5) is 22.7 Å². The van der Waals surface area contributed by atoms with Gasteiger partial charge < -0.3 is 19.6 Å². The van der Waals surface area contributed by atoms with Gasteiger partial charge in [-0.15, -0.1) is 0 Å². The quantitative estimate of drug-likeness (QED) is 0.694. The maximum Gasteiger partial charge on any atom is 0.198 e. The number of benzene rings is 2. The van der Waals surface area contributed by atoms with E-state index in [1.165, 1.54) is 0 Å². The van der Waals surface area contributed by atoms with Crippen LogP contribution in [0.1, 0.15) is 31.8 Å². The minimum atomic E-state index is -0.107. The van der Waals surface area contributed by atoms with Crippen LogP contribution in [-0.4, -0.2) is 67.9 Å². The van der Waals surface area contributed by atoms with Gasteiger partial charge >= 0.3 is 0 Å². The van der Waals surface area contributed by atoms with Crippen LogP contribution in [-0.2, 0) is 0 Å². The molecule has 0 atom stereocenters. The first kappa shape index (κ1) is 19.7. The highest BCUT2D eigenvalue weighted by atomic mass is 16.1. The molecule has 6 nitrogen and oxygen atoms in total. The third-order valence-corrected chi connectivity index (χ3v) is 5.16. The van der Waals surface area contributed by atoms with E-state index in [9.17, 15) is 9.59 Å². The van der Waals surface area contributed by atoms with E-state index in [4.69, 9.17) is 0 Å². The number of anilines is 4. The van der Waals surface area contributed by atoms with Crippen molar-refractivity contribution < 1.29 is 9.59 Å². The molecule has 6 heteroatoms. The summed E-state index contributed by atoms with van der Waals surface area (Å²) in [7, 11) is 15.1. The van der Waals surface area contributed by atoms with Crippen LogP contribution in [0, 0.1) is 0 Å². The van der Waals surface area contributed by atoms with Crippen molar-refractivity contribution in [1.29, 1.82) is 0 Å². The Morgan fingerprint density at radius 2 is 0.607 bits per heavy atom. The Morgan fingerprint density at radius 3 is 0.750 bits per heavy atom. The molecule has 1 aliphatic rings. The number of carbonyl (C=O) groups excluding carboxylic acids is 2. The van der Waals surface area contributed by atoms with Crippen molar-refractivity contribution in [2.45, 2.75) is 0 Å². The zero-order valence-corrected chi connectivity index (χ0v) is 17.9. The van der Waals surface area contributed by atoms with Gasteiger partial charge in [0.1, 0.15) is 0 Å². The lowest BCUT2D eigenvalue weighted by Crippen LogP contribution is -2.30. The van der Waals surface area contributed by atoms with Crippen molar-refractivity contribution in [3.05, 3.63) is 46.5 Å². The number of ketones is 2. The lowest BCUT2D eigenvalue weighted by molar-refractivity contribution is 0.0980. The third-order valence-electron chi connectivity index (χ3n) is 5.16. The van der Waals surface area contributed by atoms with Gasteiger partial charge in [-0.1, -0.05) is 0 Å². The van der Waals surface area contributed by atoms with E-state index in [1.54, 1.807) is 0 Å². The average Bonchev–Trinajstić information content (AvgIpc) is 2.63. The topological polar surface area (TPSA) is 47.1 Å². The first-order chi connectivity index (χ1) is 13.1. The van der Waals surface area contributed by atoms with Crippen LogP contribution >= 0.6 is 0 Å². The van der Waals surface area contributed by atoms with Gasteiger partial charge in [-0.3, -0.25) is 9.59 Å². The Balaban J connectivity index is 2.48. The normalized spacial score (nSPS) is 12.4. The van der Waals surface area contributed by atoms with Crippen LogP contribution in [0.3, 0.4) is 0 Å². The van der Waals surface area contributed by atoms with Gasteiger partial charge in [0.15, 0.2) is 11.6 Å². The van der Waals surface area contributed by atoms with Gasteiger partial charge in [-0.25, -0.2) is 0 Å². The fraction of sp³-hybridized carbons (Fsp3) is 0.364. The van der Waals surface area contributed by atoms with Gasteiger partial charge in [0, 0.05) is 79.1 Å². The summed E-state index contributed by atoms with van der Waals surface area (Å²) in [5, 5.41) is 0. The lowest BCUT2D eigenvalue weighted by atomic mass is 9.80. The monoisotopic (exact) mass is 380 g/mol. The first-order valence-electron chi connectivity index (χ1n) is 9.20. The van der Waals surface area contributed by atoms with Gasteiger partial charge in [-0.2, -0.15) is 0 Å². The molecule has 0 heterocycles. The van der Waals surface area contributed by atoms with Gasteiger partial charge in [-0.05, 0) is 24.3 Å². The van der Waals surface area contributed by atoms with Crippen LogP contribution < -0.4 is 19.6 Å². The zero-order valence-electron chi connectivity index (χ0n) is 17.9. The molecule has 148 valence electrons. The first-order valence-corrected chi connectivity index (χ1v) is 9.20. The summed E-state index contributed by atoms with van der Waals surface area (Å²) < 4.78 is 0. The molecular formula is C22H28N4O2. The Kier molecular flexibility index (Phi) is 4.83. The predicted octanol–water partition coefficient (Wildman–Crippen LogP) is 2.73. The molecule has 28 heavy (non-hydrogen) atoms. The highest BCUT2D eigenvalue weighted by molar-refractivity contribution is 6.35. The maximum absolute atomic E-state index is 13.8. The highest BCUT2D eigenvalue weighted by Crippen LogP contribution is 2.43. The fourth-order valence-electron chi connectivity index (χ4n) is 3.82. The standard InChI is InChI=1S/C22H28N4O2/c1-23(2)13-9-10-14(24(3)4)18-17(13)21(27)19-15(25(5)6)11-12-16(26(7)8)20(19)22(18)28/h9-12H,1-8H3. The average molecular weight is 380 g/mol. The number of rotatable bonds is 4. The van der Waals surface area contributed by atoms with Crippen molar-refractivity contribution >= 4 is 34.3 Å². The van der Waals surface area contributed by atoms with Gasteiger partial charge in [0.25, 0.3) is 0 Å². The maximum atomic E-state index is 13.8. The minimum Gasteiger partial charge on any atom is -0.377 e. The third kappa shape index (κ3) is 2.80. The van der Waals surface area contributed by atoms with Crippen molar-refractivity contribution in [1.82, 2.24) is 0 Å². The second kappa shape index (κ2) is 6.86. The molecule has 0 radical (unpaired) electrons.